The van der Waals surface area contributed by atoms with Crippen LogP contribution in [0.3, 0.4) is 0 Å². The fourth-order valence-corrected chi connectivity index (χ4v) is 5.23. The van der Waals surface area contributed by atoms with Gasteiger partial charge in [0.15, 0.2) is 11.3 Å². The molecule has 2 unspecified atom stereocenters. The molecule has 10 nitrogen and oxygen atoms in total. The second-order valence-electron chi connectivity index (χ2n) is 6.71. The standard InChI is InChI=1S/C16H20N2O8S2/c1-16(2)11(15(22)23)18-13(27-16)9(14(20)21)17-12(19)10(28(24,25)26)8-6-4-3-5-7-8/h3-7,9-11,13,18H,1-2H3,(H,17,19)(H,20,21)(H,22,23)(H,24,25,26)/t9?,10-,11+,13?/m1/s1. The summed E-state index contributed by atoms with van der Waals surface area (Å²) < 4.78 is 32.1. The van der Waals surface area contributed by atoms with Crippen LogP contribution in [0.5, 0.6) is 0 Å². The summed E-state index contributed by atoms with van der Waals surface area (Å²) in [6.45, 7) is 3.21. The molecule has 2 rings (SSSR count). The lowest BCUT2D eigenvalue weighted by Crippen LogP contribution is -2.55. The van der Waals surface area contributed by atoms with E-state index in [-0.39, 0.29) is 5.56 Å². The Morgan fingerprint density at radius 1 is 1.18 bits per heavy atom. The highest BCUT2D eigenvalue weighted by Gasteiger charge is 2.50. The molecule has 4 atom stereocenters. The SMILES string of the molecule is CC1(C)SC(C(NC(=O)[C@@H](c2ccccc2)S(=O)(=O)O)C(=O)O)N[C@H]1C(=O)O. The summed E-state index contributed by atoms with van der Waals surface area (Å²) >= 11 is 0.998. The number of carboxylic acid groups (broad SMARTS) is 2. The number of nitrogens with one attached hydrogen (secondary N) is 2. The number of thioether (sulfide) groups is 1. The Balaban J connectivity index is 2.30. The Bertz CT molecular complexity index is 872. The molecule has 154 valence electrons. The highest BCUT2D eigenvalue weighted by atomic mass is 32.2. The van der Waals surface area contributed by atoms with Gasteiger partial charge in [0.05, 0.1) is 5.37 Å². The van der Waals surface area contributed by atoms with E-state index < -0.39 is 55.4 Å². The summed E-state index contributed by atoms with van der Waals surface area (Å²) in [4.78, 5) is 35.6. The smallest absolute Gasteiger partial charge is 0.328 e. The molecule has 1 aliphatic rings. The van der Waals surface area contributed by atoms with Crippen LogP contribution in [-0.4, -0.2) is 63.2 Å². The number of carboxylic acids is 2. The predicted molar refractivity (Wildman–Crippen MR) is 100 cm³/mol. The van der Waals surface area contributed by atoms with Crippen molar-refractivity contribution in [3.63, 3.8) is 0 Å². The van der Waals surface area contributed by atoms with E-state index in [0.717, 1.165) is 11.8 Å². The van der Waals surface area contributed by atoms with Crippen LogP contribution in [0.15, 0.2) is 30.3 Å². The van der Waals surface area contributed by atoms with Gasteiger partial charge in [-0.1, -0.05) is 30.3 Å². The van der Waals surface area contributed by atoms with Gasteiger partial charge in [-0.15, -0.1) is 11.8 Å². The summed E-state index contributed by atoms with van der Waals surface area (Å²) in [5, 5.41) is 20.5. The molecular weight excluding hydrogens is 412 g/mol. The van der Waals surface area contributed by atoms with Crippen molar-refractivity contribution in [3.8, 4) is 0 Å². The molecule has 1 fully saturated rings. The van der Waals surface area contributed by atoms with Gasteiger partial charge in [0.25, 0.3) is 10.1 Å². The maximum absolute atomic E-state index is 12.6. The van der Waals surface area contributed by atoms with Crippen molar-refractivity contribution in [2.24, 2.45) is 0 Å². The van der Waals surface area contributed by atoms with E-state index in [1.807, 2.05) is 0 Å². The highest BCUT2D eigenvalue weighted by Crippen LogP contribution is 2.39. The van der Waals surface area contributed by atoms with Crippen molar-refractivity contribution in [1.82, 2.24) is 10.6 Å². The van der Waals surface area contributed by atoms with Crippen molar-refractivity contribution in [1.29, 1.82) is 0 Å². The molecule has 12 heteroatoms. The third-order valence-corrected chi connectivity index (χ3v) is 6.80. The number of carbonyl (C=O) groups excluding carboxylic acids is 1. The van der Waals surface area contributed by atoms with E-state index in [1.54, 1.807) is 19.9 Å². The van der Waals surface area contributed by atoms with Crippen LogP contribution in [0.25, 0.3) is 0 Å². The monoisotopic (exact) mass is 432 g/mol. The van der Waals surface area contributed by atoms with Crippen molar-refractivity contribution in [2.75, 3.05) is 0 Å². The van der Waals surface area contributed by atoms with Crippen LogP contribution in [0.4, 0.5) is 0 Å². The van der Waals surface area contributed by atoms with Gasteiger partial charge in [-0.3, -0.25) is 19.5 Å². The first-order chi connectivity index (χ1) is 12.8. The Hall–Kier alpha value is -2.15. The van der Waals surface area contributed by atoms with Gasteiger partial charge in [0.1, 0.15) is 6.04 Å². The molecular formula is C16H20N2O8S2. The Labute approximate surface area is 165 Å². The van der Waals surface area contributed by atoms with Gasteiger partial charge in [-0.05, 0) is 19.4 Å². The number of benzene rings is 1. The number of rotatable bonds is 7. The number of carbonyl (C=O) groups is 3. The lowest BCUT2D eigenvalue weighted by Gasteiger charge is -2.24. The van der Waals surface area contributed by atoms with Crippen LogP contribution in [-0.2, 0) is 24.5 Å². The predicted octanol–water partition coefficient (Wildman–Crippen LogP) is 0.0792. The van der Waals surface area contributed by atoms with Crippen LogP contribution < -0.4 is 10.6 Å². The molecule has 1 aromatic rings. The minimum absolute atomic E-state index is 0.0394. The summed E-state index contributed by atoms with van der Waals surface area (Å²) in [6.07, 6.45) is 0. The lowest BCUT2D eigenvalue weighted by molar-refractivity contribution is -0.143. The van der Waals surface area contributed by atoms with Crippen LogP contribution in [0.2, 0.25) is 0 Å². The molecule has 1 aromatic carbocycles. The fraction of sp³-hybridized carbons (Fsp3) is 0.438. The van der Waals surface area contributed by atoms with Gasteiger partial charge >= 0.3 is 11.9 Å². The molecule has 1 aliphatic heterocycles. The Morgan fingerprint density at radius 2 is 1.75 bits per heavy atom. The van der Waals surface area contributed by atoms with Crippen molar-refractivity contribution < 1.29 is 37.6 Å². The van der Waals surface area contributed by atoms with E-state index in [2.05, 4.69) is 10.6 Å². The quantitative estimate of drug-likeness (QED) is 0.372. The van der Waals surface area contributed by atoms with E-state index in [1.165, 1.54) is 24.3 Å². The zero-order valence-electron chi connectivity index (χ0n) is 14.9. The molecule has 0 aliphatic carbocycles. The second kappa shape index (κ2) is 8.07. The van der Waals surface area contributed by atoms with Gasteiger partial charge in [-0.25, -0.2) is 4.79 Å². The first-order valence-corrected chi connectivity index (χ1v) is 10.4. The molecule has 28 heavy (non-hydrogen) atoms. The first-order valence-electron chi connectivity index (χ1n) is 8.05. The van der Waals surface area contributed by atoms with Gasteiger partial charge in [-0.2, -0.15) is 8.42 Å². The number of hydrogen-bond acceptors (Lipinski definition) is 7. The van der Waals surface area contributed by atoms with Gasteiger partial charge in [0.2, 0.25) is 5.91 Å². The number of hydrogen-bond donors (Lipinski definition) is 5. The minimum atomic E-state index is -4.89. The zero-order chi connectivity index (χ0) is 21.3. The van der Waals surface area contributed by atoms with Crippen LogP contribution in [0, 0.1) is 0 Å². The normalized spacial score (nSPS) is 23.5. The average molecular weight is 432 g/mol. The fourth-order valence-electron chi connectivity index (χ4n) is 2.91. The van der Waals surface area contributed by atoms with Gasteiger partial charge in [0, 0.05) is 4.75 Å². The summed E-state index contributed by atoms with van der Waals surface area (Å²) in [6, 6.07) is 4.41. The van der Waals surface area contributed by atoms with E-state index >= 15 is 0 Å². The molecule has 1 amide bonds. The third kappa shape index (κ3) is 4.82. The first kappa shape index (κ1) is 22.1. The molecule has 1 heterocycles. The van der Waals surface area contributed by atoms with Crippen molar-refractivity contribution in [3.05, 3.63) is 35.9 Å². The molecule has 0 saturated carbocycles. The number of amides is 1. The summed E-state index contributed by atoms with van der Waals surface area (Å²) in [7, 11) is -4.89. The molecule has 0 radical (unpaired) electrons. The second-order valence-corrected chi connectivity index (χ2v) is 10.0. The number of aliphatic carboxylic acids is 2. The topological polar surface area (TPSA) is 170 Å². The maximum atomic E-state index is 12.6. The Kier molecular flexibility index (Phi) is 6.38. The maximum Gasteiger partial charge on any atom is 0.328 e. The van der Waals surface area contributed by atoms with Gasteiger partial charge < -0.3 is 15.5 Å². The Morgan fingerprint density at radius 3 is 2.18 bits per heavy atom. The highest BCUT2D eigenvalue weighted by molar-refractivity contribution is 8.01. The molecule has 1 saturated heterocycles. The van der Waals surface area contributed by atoms with E-state index in [9.17, 15) is 37.6 Å². The zero-order valence-corrected chi connectivity index (χ0v) is 16.5. The van der Waals surface area contributed by atoms with E-state index in [4.69, 9.17) is 0 Å². The van der Waals surface area contributed by atoms with Crippen molar-refractivity contribution >= 4 is 39.7 Å². The molecule has 0 bridgehead atoms. The molecule has 0 aromatic heterocycles. The average Bonchev–Trinajstić information content (AvgIpc) is 2.87. The third-order valence-electron chi connectivity index (χ3n) is 4.21. The molecule has 0 spiro atoms. The minimum Gasteiger partial charge on any atom is -0.480 e. The largest absolute Gasteiger partial charge is 0.480 e. The van der Waals surface area contributed by atoms with E-state index in [0.29, 0.717) is 0 Å². The lowest BCUT2D eigenvalue weighted by atomic mass is 10.0. The van der Waals surface area contributed by atoms with Crippen LogP contribution >= 0.6 is 11.8 Å². The summed E-state index contributed by atoms with van der Waals surface area (Å²) in [5.41, 5.74) is -0.0394. The molecule has 5 N–H and O–H groups in total. The van der Waals surface area contributed by atoms with Crippen LogP contribution in [0.1, 0.15) is 24.7 Å². The van der Waals surface area contributed by atoms with Crippen molar-refractivity contribution in [2.45, 2.75) is 41.3 Å². The summed E-state index contributed by atoms with van der Waals surface area (Å²) in [5.74, 6) is -3.90.